The molecule has 26 heavy (non-hydrogen) atoms. The smallest absolute Gasteiger partial charge is 0.305 e. The van der Waals surface area contributed by atoms with E-state index < -0.39 is 27.9 Å². The van der Waals surface area contributed by atoms with Crippen LogP contribution in [0.4, 0.5) is 0 Å². The third-order valence-electron chi connectivity index (χ3n) is 3.64. The van der Waals surface area contributed by atoms with E-state index >= 15 is 0 Å². The molecular weight excluding hydrogens is 360 g/mol. The number of hydrogen-bond donors (Lipinski definition) is 3. The minimum Gasteiger partial charge on any atom is -0.481 e. The van der Waals surface area contributed by atoms with Gasteiger partial charge in [0.2, 0.25) is 10.0 Å². The number of carbonyl (C=O) groups is 2. The van der Waals surface area contributed by atoms with Crippen LogP contribution in [0.15, 0.2) is 45.9 Å². The number of furan rings is 1. The number of carbonyl (C=O) groups excluding carboxylic acids is 1. The van der Waals surface area contributed by atoms with Crippen molar-refractivity contribution in [3.8, 4) is 0 Å². The van der Waals surface area contributed by atoms with Crippen LogP contribution >= 0.6 is 0 Å². The van der Waals surface area contributed by atoms with Crippen molar-refractivity contribution in [2.24, 2.45) is 0 Å². The number of hydrogen-bond acceptors (Lipinski definition) is 5. The normalized spacial score (nSPS) is 12.5. The lowest BCUT2D eigenvalue weighted by Gasteiger charge is -2.14. The predicted octanol–water partition coefficient (Wildman–Crippen LogP) is 1.66. The van der Waals surface area contributed by atoms with Crippen molar-refractivity contribution in [2.75, 3.05) is 0 Å². The lowest BCUT2D eigenvalue weighted by molar-refractivity contribution is -0.137. The van der Waals surface area contributed by atoms with Crippen molar-refractivity contribution in [2.45, 2.75) is 37.8 Å². The van der Waals surface area contributed by atoms with E-state index in [0.717, 1.165) is 0 Å². The maximum absolute atomic E-state index is 12.4. The van der Waals surface area contributed by atoms with Gasteiger partial charge in [0.1, 0.15) is 5.76 Å². The van der Waals surface area contributed by atoms with E-state index in [1.165, 1.54) is 24.5 Å². The Morgan fingerprint density at radius 3 is 2.62 bits per heavy atom. The molecule has 140 valence electrons. The van der Waals surface area contributed by atoms with E-state index in [2.05, 4.69) is 10.0 Å². The number of nitrogens with one attached hydrogen (secondary N) is 2. The molecule has 9 heteroatoms. The number of aryl methyl sites for hydroxylation is 1. The molecule has 0 bridgehead atoms. The van der Waals surface area contributed by atoms with Crippen LogP contribution in [0.25, 0.3) is 0 Å². The number of carboxylic acids is 1. The molecule has 0 radical (unpaired) electrons. The molecule has 1 aromatic heterocycles. The lowest BCUT2D eigenvalue weighted by atomic mass is 10.1. The van der Waals surface area contributed by atoms with Crippen LogP contribution in [0, 0.1) is 6.92 Å². The average molecular weight is 380 g/mol. The largest absolute Gasteiger partial charge is 0.481 e. The zero-order valence-electron chi connectivity index (χ0n) is 14.4. The molecule has 1 amide bonds. The zero-order valence-corrected chi connectivity index (χ0v) is 15.2. The minimum absolute atomic E-state index is 0.0135. The number of rotatable bonds is 8. The minimum atomic E-state index is -3.84. The second-order valence-corrected chi connectivity index (χ2v) is 7.62. The molecule has 2 rings (SSSR count). The molecule has 0 saturated heterocycles. The first-order chi connectivity index (χ1) is 12.2. The van der Waals surface area contributed by atoms with E-state index in [9.17, 15) is 18.0 Å². The molecule has 0 aliphatic rings. The van der Waals surface area contributed by atoms with Gasteiger partial charge in [0, 0.05) is 11.6 Å². The molecule has 2 aromatic rings. The molecule has 8 nitrogen and oxygen atoms in total. The number of amides is 1. The van der Waals surface area contributed by atoms with Crippen LogP contribution < -0.4 is 10.0 Å². The lowest BCUT2D eigenvalue weighted by Crippen LogP contribution is -2.34. The van der Waals surface area contributed by atoms with Crippen molar-refractivity contribution < 1.29 is 27.5 Å². The summed E-state index contributed by atoms with van der Waals surface area (Å²) in [5, 5.41) is 11.3. The zero-order chi connectivity index (χ0) is 19.3. The molecule has 1 aromatic carbocycles. The quantitative estimate of drug-likeness (QED) is 0.639. The summed E-state index contributed by atoms with van der Waals surface area (Å²) in [4.78, 5) is 23.0. The Balaban J connectivity index is 2.17. The second-order valence-electron chi connectivity index (χ2n) is 5.85. The van der Waals surface area contributed by atoms with Crippen LogP contribution in [0.5, 0.6) is 0 Å². The van der Waals surface area contributed by atoms with Gasteiger partial charge in [-0.15, -0.1) is 0 Å². The summed E-state index contributed by atoms with van der Waals surface area (Å²) >= 11 is 0. The van der Waals surface area contributed by atoms with Crippen molar-refractivity contribution in [1.82, 2.24) is 10.0 Å². The van der Waals surface area contributed by atoms with Crippen LogP contribution in [0.2, 0.25) is 0 Å². The summed E-state index contributed by atoms with van der Waals surface area (Å²) in [6.07, 6.45) is 1.21. The topological polar surface area (TPSA) is 126 Å². The first-order valence-electron chi connectivity index (χ1n) is 7.84. The van der Waals surface area contributed by atoms with Crippen LogP contribution in [-0.2, 0) is 21.4 Å². The van der Waals surface area contributed by atoms with Gasteiger partial charge in [-0.1, -0.05) is 6.07 Å². The summed E-state index contributed by atoms with van der Waals surface area (Å²) in [5.74, 6) is -1.10. The maximum atomic E-state index is 12.4. The van der Waals surface area contributed by atoms with Gasteiger partial charge in [0.05, 0.1) is 24.1 Å². The standard InChI is InChI=1S/C17H20N2O6S/c1-11-5-6-14(26(23,24)18-10-13-4-3-7-25-13)9-15(11)17(22)19-12(2)8-16(20)21/h3-7,9,12,18H,8,10H2,1-2H3,(H,19,22)(H,20,21). The molecule has 1 atom stereocenters. The molecule has 3 N–H and O–H groups in total. The summed E-state index contributed by atoms with van der Waals surface area (Å²) in [7, 11) is -3.84. The highest BCUT2D eigenvalue weighted by atomic mass is 32.2. The summed E-state index contributed by atoms with van der Waals surface area (Å²) in [6.45, 7) is 3.22. The third kappa shape index (κ3) is 5.17. The van der Waals surface area contributed by atoms with Crippen LogP contribution in [0.3, 0.4) is 0 Å². The Bertz CT molecular complexity index is 890. The fourth-order valence-electron chi connectivity index (χ4n) is 2.29. The van der Waals surface area contributed by atoms with Crippen molar-refractivity contribution >= 4 is 21.9 Å². The molecule has 0 saturated carbocycles. The number of aliphatic carboxylic acids is 1. The molecule has 1 unspecified atom stereocenters. The molecule has 0 aliphatic carbocycles. The molecular formula is C17H20N2O6S. The Hall–Kier alpha value is -2.65. The Labute approximate surface area is 151 Å². The van der Waals surface area contributed by atoms with E-state index in [0.29, 0.717) is 11.3 Å². The van der Waals surface area contributed by atoms with Gasteiger partial charge in [-0.25, -0.2) is 13.1 Å². The first-order valence-corrected chi connectivity index (χ1v) is 9.32. The summed E-state index contributed by atoms with van der Waals surface area (Å²) in [5.41, 5.74) is 0.748. The van der Waals surface area contributed by atoms with Gasteiger partial charge in [-0.2, -0.15) is 0 Å². The Kier molecular flexibility index (Phi) is 6.17. The number of benzene rings is 1. The highest BCUT2D eigenvalue weighted by Crippen LogP contribution is 2.16. The fourth-order valence-corrected chi connectivity index (χ4v) is 3.31. The van der Waals surface area contributed by atoms with Gasteiger partial charge in [-0.3, -0.25) is 9.59 Å². The van der Waals surface area contributed by atoms with Crippen molar-refractivity contribution in [3.05, 3.63) is 53.5 Å². The van der Waals surface area contributed by atoms with Crippen LogP contribution in [0.1, 0.15) is 35.0 Å². The Morgan fingerprint density at radius 2 is 2.00 bits per heavy atom. The monoisotopic (exact) mass is 380 g/mol. The number of carboxylic acid groups (broad SMARTS) is 1. The van der Waals surface area contributed by atoms with E-state index in [4.69, 9.17) is 9.52 Å². The van der Waals surface area contributed by atoms with Crippen molar-refractivity contribution in [1.29, 1.82) is 0 Å². The Morgan fingerprint density at radius 1 is 1.27 bits per heavy atom. The highest BCUT2D eigenvalue weighted by molar-refractivity contribution is 7.89. The fraction of sp³-hybridized carbons (Fsp3) is 0.294. The van der Waals surface area contributed by atoms with Crippen LogP contribution in [-0.4, -0.2) is 31.4 Å². The van der Waals surface area contributed by atoms with E-state index in [1.807, 2.05) is 0 Å². The second kappa shape index (κ2) is 8.15. The highest BCUT2D eigenvalue weighted by Gasteiger charge is 2.19. The molecule has 0 spiro atoms. The van der Waals surface area contributed by atoms with Gasteiger partial charge in [0.15, 0.2) is 0 Å². The molecule has 0 aliphatic heterocycles. The number of sulfonamides is 1. The summed E-state index contributed by atoms with van der Waals surface area (Å²) < 4.78 is 32.3. The van der Waals surface area contributed by atoms with Gasteiger partial charge >= 0.3 is 5.97 Å². The maximum Gasteiger partial charge on any atom is 0.305 e. The van der Waals surface area contributed by atoms with Gasteiger partial charge < -0.3 is 14.8 Å². The van der Waals surface area contributed by atoms with E-state index in [1.54, 1.807) is 26.0 Å². The molecule has 1 heterocycles. The third-order valence-corrected chi connectivity index (χ3v) is 5.04. The van der Waals surface area contributed by atoms with Gasteiger partial charge in [0.25, 0.3) is 5.91 Å². The SMILES string of the molecule is Cc1ccc(S(=O)(=O)NCc2ccco2)cc1C(=O)NC(C)CC(=O)O. The average Bonchev–Trinajstić information content (AvgIpc) is 3.05. The predicted molar refractivity (Wildman–Crippen MR) is 93.1 cm³/mol. The van der Waals surface area contributed by atoms with E-state index in [-0.39, 0.29) is 23.4 Å². The van der Waals surface area contributed by atoms with Crippen molar-refractivity contribution in [3.63, 3.8) is 0 Å². The molecule has 0 fully saturated rings. The first kappa shape index (κ1) is 19.7. The summed E-state index contributed by atoms with van der Waals surface area (Å²) in [6, 6.07) is 6.89. The van der Waals surface area contributed by atoms with Gasteiger partial charge in [-0.05, 0) is 43.7 Å².